The van der Waals surface area contributed by atoms with Crippen molar-refractivity contribution in [2.24, 2.45) is 0 Å². The molecular weight excluding hydrogens is 248 g/mol. The molecule has 3 aromatic rings. The molecule has 0 saturated heterocycles. The summed E-state index contributed by atoms with van der Waals surface area (Å²) in [6.45, 7) is 1.90. The normalized spacial score (nSPS) is 10.4. The van der Waals surface area contributed by atoms with Crippen molar-refractivity contribution in [3.05, 3.63) is 77.9 Å². The van der Waals surface area contributed by atoms with Crippen LogP contribution < -0.4 is 4.74 Å². The highest BCUT2D eigenvalue weighted by Crippen LogP contribution is 2.21. The van der Waals surface area contributed by atoms with Gasteiger partial charge in [-0.1, -0.05) is 48.5 Å². The largest absolute Gasteiger partial charge is 0.423 e. The van der Waals surface area contributed by atoms with Crippen LogP contribution in [0.4, 0.5) is 0 Å². The van der Waals surface area contributed by atoms with Gasteiger partial charge in [-0.2, -0.15) is 0 Å². The molecule has 0 atom stereocenters. The lowest BCUT2D eigenvalue weighted by molar-refractivity contribution is 0.0734. The summed E-state index contributed by atoms with van der Waals surface area (Å²) in [6.07, 6.45) is 0. The monoisotopic (exact) mass is 262 g/mol. The summed E-state index contributed by atoms with van der Waals surface area (Å²) in [4.78, 5) is 12.1. The SMILES string of the molecule is Cc1ccccc1C(=O)Oc1ccc2ccccc2c1. The second kappa shape index (κ2) is 5.17. The van der Waals surface area contributed by atoms with Gasteiger partial charge < -0.3 is 4.74 Å². The van der Waals surface area contributed by atoms with E-state index in [9.17, 15) is 4.79 Å². The summed E-state index contributed by atoms with van der Waals surface area (Å²) in [6, 6.07) is 21.1. The molecule has 20 heavy (non-hydrogen) atoms. The summed E-state index contributed by atoms with van der Waals surface area (Å²) in [5.41, 5.74) is 1.51. The summed E-state index contributed by atoms with van der Waals surface area (Å²) in [5, 5.41) is 2.19. The number of fused-ring (bicyclic) bond motifs is 1. The van der Waals surface area contributed by atoms with Gasteiger partial charge in [-0.25, -0.2) is 4.79 Å². The van der Waals surface area contributed by atoms with Crippen LogP contribution in [0.15, 0.2) is 66.7 Å². The minimum absolute atomic E-state index is 0.321. The van der Waals surface area contributed by atoms with Crippen molar-refractivity contribution in [2.45, 2.75) is 6.92 Å². The smallest absolute Gasteiger partial charge is 0.343 e. The molecule has 2 heteroatoms. The van der Waals surface area contributed by atoms with Crippen LogP contribution in [0.1, 0.15) is 15.9 Å². The van der Waals surface area contributed by atoms with E-state index in [1.54, 1.807) is 6.07 Å². The van der Waals surface area contributed by atoms with Gasteiger partial charge in [0.05, 0.1) is 5.56 Å². The number of ether oxygens (including phenoxy) is 1. The first-order valence-electron chi connectivity index (χ1n) is 6.51. The Morgan fingerprint density at radius 2 is 1.55 bits per heavy atom. The quantitative estimate of drug-likeness (QED) is 0.506. The molecule has 0 fully saturated rings. The van der Waals surface area contributed by atoms with Crippen molar-refractivity contribution >= 4 is 16.7 Å². The second-order valence-corrected chi connectivity index (χ2v) is 4.71. The number of hydrogen-bond acceptors (Lipinski definition) is 2. The zero-order valence-electron chi connectivity index (χ0n) is 11.2. The Kier molecular flexibility index (Phi) is 3.21. The Hall–Kier alpha value is -2.61. The number of rotatable bonds is 2. The highest BCUT2D eigenvalue weighted by atomic mass is 16.5. The molecule has 0 aliphatic rings. The predicted octanol–water partition coefficient (Wildman–Crippen LogP) is 4.37. The maximum atomic E-state index is 12.1. The van der Waals surface area contributed by atoms with Crippen LogP contribution in [0.5, 0.6) is 5.75 Å². The third kappa shape index (κ3) is 2.41. The van der Waals surface area contributed by atoms with E-state index in [1.165, 1.54) is 0 Å². The molecule has 98 valence electrons. The number of esters is 1. The molecule has 0 bridgehead atoms. The highest BCUT2D eigenvalue weighted by Gasteiger charge is 2.10. The van der Waals surface area contributed by atoms with Gasteiger partial charge in [0, 0.05) is 0 Å². The number of carbonyl (C=O) groups is 1. The molecule has 0 aliphatic heterocycles. The fourth-order valence-electron chi connectivity index (χ4n) is 2.19. The molecule has 0 saturated carbocycles. The average Bonchev–Trinajstić information content (AvgIpc) is 2.47. The Morgan fingerprint density at radius 3 is 2.35 bits per heavy atom. The van der Waals surface area contributed by atoms with E-state index in [1.807, 2.05) is 67.6 Å². The first-order chi connectivity index (χ1) is 9.74. The fourth-order valence-corrected chi connectivity index (χ4v) is 2.19. The van der Waals surface area contributed by atoms with Crippen molar-refractivity contribution in [3.8, 4) is 5.75 Å². The van der Waals surface area contributed by atoms with Gasteiger partial charge >= 0.3 is 5.97 Å². The van der Waals surface area contributed by atoms with Crippen LogP contribution in [0.3, 0.4) is 0 Å². The topological polar surface area (TPSA) is 26.3 Å². The van der Waals surface area contributed by atoms with E-state index < -0.39 is 0 Å². The first kappa shape index (κ1) is 12.4. The van der Waals surface area contributed by atoms with Crippen LogP contribution >= 0.6 is 0 Å². The van der Waals surface area contributed by atoms with E-state index in [0.717, 1.165) is 16.3 Å². The Bertz CT molecular complexity index is 775. The van der Waals surface area contributed by atoms with Crippen molar-refractivity contribution in [1.82, 2.24) is 0 Å². The van der Waals surface area contributed by atoms with Crippen molar-refractivity contribution < 1.29 is 9.53 Å². The lowest BCUT2D eigenvalue weighted by Gasteiger charge is -2.07. The van der Waals surface area contributed by atoms with Gasteiger partial charge in [0.1, 0.15) is 5.75 Å². The summed E-state index contributed by atoms with van der Waals surface area (Å²) in [5.74, 6) is 0.246. The molecule has 0 unspecified atom stereocenters. The molecule has 3 aromatic carbocycles. The van der Waals surface area contributed by atoms with E-state index in [4.69, 9.17) is 4.74 Å². The average molecular weight is 262 g/mol. The Labute approximate surface area is 117 Å². The molecule has 0 spiro atoms. The van der Waals surface area contributed by atoms with Crippen LogP contribution in [-0.2, 0) is 0 Å². The van der Waals surface area contributed by atoms with Crippen LogP contribution in [0.25, 0.3) is 10.8 Å². The Morgan fingerprint density at radius 1 is 0.850 bits per heavy atom. The lowest BCUT2D eigenvalue weighted by atomic mass is 10.1. The van der Waals surface area contributed by atoms with Crippen LogP contribution in [-0.4, -0.2) is 5.97 Å². The molecule has 2 nitrogen and oxygen atoms in total. The molecule has 0 aromatic heterocycles. The third-order valence-electron chi connectivity index (χ3n) is 3.30. The predicted molar refractivity (Wildman–Crippen MR) is 80.1 cm³/mol. The van der Waals surface area contributed by atoms with E-state index in [-0.39, 0.29) is 5.97 Å². The molecule has 3 rings (SSSR count). The molecule has 0 heterocycles. The standard InChI is InChI=1S/C18H14O2/c1-13-6-2-5-9-17(13)18(19)20-16-11-10-14-7-3-4-8-15(14)12-16/h2-12H,1H3. The van der Waals surface area contributed by atoms with Crippen molar-refractivity contribution in [2.75, 3.05) is 0 Å². The number of aryl methyl sites for hydroxylation is 1. The maximum absolute atomic E-state index is 12.1. The van der Waals surface area contributed by atoms with Gasteiger partial charge in [-0.3, -0.25) is 0 Å². The molecule has 0 N–H and O–H groups in total. The van der Waals surface area contributed by atoms with Gasteiger partial charge in [0.2, 0.25) is 0 Å². The first-order valence-corrected chi connectivity index (χ1v) is 6.51. The third-order valence-corrected chi connectivity index (χ3v) is 3.30. The Balaban J connectivity index is 1.89. The molecule has 0 aliphatic carbocycles. The zero-order valence-corrected chi connectivity index (χ0v) is 11.2. The number of hydrogen-bond donors (Lipinski definition) is 0. The maximum Gasteiger partial charge on any atom is 0.343 e. The molecule has 0 radical (unpaired) electrons. The second-order valence-electron chi connectivity index (χ2n) is 4.71. The number of benzene rings is 3. The minimum Gasteiger partial charge on any atom is -0.423 e. The fraction of sp³-hybridized carbons (Fsp3) is 0.0556. The van der Waals surface area contributed by atoms with Gasteiger partial charge in [-0.05, 0) is 41.5 Å². The summed E-state index contributed by atoms with van der Waals surface area (Å²) in [7, 11) is 0. The van der Waals surface area contributed by atoms with Crippen LogP contribution in [0.2, 0.25) is 0 Å². The highest BCUT2D eigenvalue weighted by molar-refractivity contribution is 5.93. The molecular formula is C18H14O2. The van der Waals surface area contributed by atoms with Gasteiger partial charge in [0.25, 0.3) is 0 Å². The summed E-state index contributed by atoms with van der Waals surface area (Å²) >= 11 is 0. The minimum atomic E-state index is -0.321. The summed E-state index contributed by atoms with van der Waals surface area (Å²) < 4.78 is 5.45. The van der Waals surface area contributed by atoms with Gasteiger partial charge in [-0.15, -0.1) is 0 Å². The van der Waals surface area contributed by atoms with Gasteiger partial charge in [0.15, 0.2) is 0 Å². The van der Waals surface area contributed by atoms with Crippen molar-refractivity contribution in [3.63, 3.8) is 0 Å². The van der Waals surface area contributed by atoms with E-state index in [2.05, 4.69) is 0 Å². The molecule has 0 amide bonds. The van der Waals surface area contributed by atoms with E-state index in [0.29, 0.717) is 11.3 Å². The van der Waals surface area contributed by atoms with Crippen LogP contribution in [0, 0.1) is 6.92 Å². The lowest BCUT2D eigenvalue weighted by Crippen LogP contribution is -2.09. The van der Waals surface area contributed by atoms with E-state index >= 15 is 0 Å². The number of carbonyl (C=O) groups excluding carboxylic acids is 1. The zero-order chi connectivity index (χ0) is 13.9. The van der Waals surface area contributed by atoms with Crippen molar-refractivity contribution in [1.29, 1.82) is 0 Å².